The fourth-order valence-corrected chi connectivity index (χ4v) is 3.65. The van der Waals surface area contributed by atoms with Gasteiger partial charge < -0.3 is 4.74 Å². The van der Waals surface area contributed by atoms with Crippen LogP contribution in [0.25, 0.3) is 28.2 Å². The van der Waals surface area contributed by atoms with E-state index in [2.05, 4.69) is 25.1 Å². The Hall–Kier alpha value is -4.66. The first-order chi connectivity index (χ1) is 16.6. The lowest BCUT2D eigenvalue weighted by molar-refractivity contribution is 0.416. The van der Waals surface area contributed by atoms with Gasteiger partial charge in [0.05, 0.1) is 19.5 Å². The Labute approximate surface area is 195 Å². The van der Waals surface area contributed by atoms with Crippen molar-refractivity contribution in [2.24, 2.45) is 7.05 Å². The lowest BCUT2D eigenvalue weighted by atomic mass is 10.1. The third-order valence-electron chi connectivity index (χ3n) is 5.36. The molecule has 0 spiro atoms. The van der Waals surface area contributed by atoms with Crippen LogP contribution >= 0.6 is 0 Å². The maximum atomic E-state index is 12.5. The number of benzene rings is 1. The molecule has 0 unspecified atom stereocenters. The van der Waals surface area contributed by atoms with E-state index in [1.807, 2.05) is 37.5 Å². The molecular formula is C25H21N7O2. The molecule has 1 aromatic carbocycles. The van der Waals surface area contributed by atoms with Gasteiger partial charge in [-0.1, -0.05) is 18.2 Å². The van der Waals surface area contributed by atoms with Gasteiger partial charge in [-0.3, -0.25) is 14.5 Å². The second kappa shape index (κ2) is 9.07. The van der Waals surface area contributed by atoms with Gasteiger partial charge in [0.25, 0.3) is 0 Å². The zero-order valence-corrected chi connectivity index (χ0v) is 18.7. The van der Waals surface area contributed by atoms with E-state index >= 15 is 0 Å². The first-order valence-corrected chi connectivity index (χ1v) is 10.6. The predicted octanol–water partition coefficient (Wildman–Crippen LogP) is 3.08. The van der Waals surface area contributed by atoms with Crippen molar-refractivity contribution in [2.75, 3.05) is 7.11 Å². The smallest absolute Gasteiger partial charge is 0.203 e. The summed E-state index contributed by atoms with van der Waals surface area (Å²) in [6, 6.07) is 11.1. The highest BCUT2D eigenvalue weighted by molar-refractivity contribution is 5.69. The molecule has 5 aromatic rings. The molecule has 0 N–H and O–H groups in total. The van der Waals surface area contributed by atoms with E-state index < -0.39 is 0 Å². The summed E-state index contributed by atoms with van der Waals surface area (Å²) < 4.78 is 8.74. The largest absolute Gasteiger partial charge is 0.496 e. The number of pyridine rings is 1. The van der Waals surface area contributed by atoms with Crippen LogP contribution in [0.1, 0.15) is 11.3 Å². The van der Waals surface area contributed by atoms with Gasteiger partial charge >= 0.3 is 0 Å². The van der Waals surface area contributed by atoms with Crippen LogP contribution in [-0.2, 0) is 13.5 Å². The van der Waals surface area contributed by atoms with Crippen molar-refractivity contribution in [3.63, 3.8) is 0 Å². The van der Waals surface area contributed by atoms with Gasteiger partial charge in [-0.2, -0.15) is 10.2 Å². The van der Waals surface area contributed by atoms with E-state index in [9.17, 15) is 4.79 Å². The highest BCUT2D eigenvalue weighted by atomic mass is 16.5. The Balaban J connectivity index is 1.41. The molecule has 0 aliphatic heterocycles. The second-order valence-electron chi connectivity index (χ2n) is 7.69. The van der Waals surface area contributed by atoms with Crippen molar-refractivity contribution in [2.45, 2.75) is 6.42 Å². The molecule has 4 aromatic heterocycles. The molecule has 4 heterocycles. The van der Waals surface area contributed by atoms with E-state index in [0.717, 1.165) is 27.9 Å². The van der Waals surface area contributed by atoms with Gasteiger partial charge in [-0.15, -0.1) is 0 Å². The molecular weight excluding hydrogens is 430 g/mol. The summed E-state index contributed by atoms with van der Waals surface area (Å²) in [6.45, 7) is 0. The standard InChI is InChI=1S/C25H21N7O2/c1-31-16-20(14-29-31)32-9-7-23(33)22(30-32)11-17-4-3-5-18(10-17)25-27-12-19(13-28-25)21-15-26-8-6-24(21)34-2/h3-10,12-16H,11H2,1-2H3. The zero-order chi connectivity index (χ0) is 23.5. The molecule has 0 aliphatic carbocycles. The average molecular weight is 451 g/mol. The maximum absolute atomic E-state index is 12.5. The normalized spacial score (nSPS) is 10.9. The molecule has 0 atom stereocenters. The van der Waals surface area contributed by atoms with Crippen LogP contribution in [0, 0.1) is 0 Å². The van der Waals surface area contributed by atoms with Gasteiger partial charge in [0, 0.05) is 67.2 Å². The van der Waals surface area contributed by atoms with Crippen LogP contribution in [0.3, 0.4) is 0 Å². The molecule has 0 fully saturated rings. The van der Waals surface area contributed by atoms with Crippen LogP contribution in [0.15, 0.2) is 84.6 Å². The number of aromatic nitrogens is 7. The maximum Gasteiger partial charge on any atom is 0.203 e. The van der Waals surface area contributed by atoms with Crippen LogP contribution in [0.5, 0.6) is 5.75 Å². The van der Waals surface area contributed by atoms with E-state index in [-0.39, 0.29) is 5.43 Å². The molecule has 9 nitrogen and oxygen atoms in total. The van der Waals surface area contributed by atoms with Gasteiger partial charge in [-0.05, 0) is 17.7 Å². The number of methoxy groups -OCH3 is 1. The van der Waals surface area contributed by atoms with Gasteiger partial charge in [0.1, 0.15) is 17.1 Å². The molecule has 0 aliphatic rings. The van der Waals surface area contributed by atoms with E-state index in [4.69, 9.17) is 4.74 Å². The minimum absolute atomic E-state index is 0.114. The van der Waals surface area contributed by atoms with Crippen molar-refractivity contribution in [1.29, 1.82) is 0 Å². The highest BCUT2D eigenvalue weighted by Crippen LogP contribution is 2.28. The first kappa shape index (κ1) is 21.2. The topological polar surface area (TPSA) is 101 Å². The number of nitrogens with zero attached hydrogens (tertiary/aromatic N) is 7. The lowest BCUT2D eigenvalue weighted by Crippen LogP contribution is -2.16. The Morgan fingerprint density at radius 3 is 2.62 bits per heavy atom. The van der Waals surface area contributed by atoms with Gasteiger partial charge in [0.2, 0.25) is 5.43 Å². The van der Waals surface area contributed by atoms with Crippen molar-refractivity contribution in [3.8, 4) is 34.0 Å². The fourth-order valence-electron chi connectivity index (χ4n) is 3.65. The number of ether oxygens (including phenoxy) is 1. The summed E-state index contributed by atoms with van der Waals surface area (Å²) >= 11 is 0. The quantitative estimate of drug-likeness (QED) is 0.391. The summed E-state index contributed by atoms with van der Waals surface area (Å²) in [5.74, 6) is 1.29. The Kier molecular flexibility index (Phi) is 5.65. The van der Waals surface area contributed by atoms with Crippen molar-refractivity contribution in [3.05, 3.63) is 101 Å². The molecule has 0 bridgehead atoms. The molecule has 0 saturated carbocycles. The Morgan fingerprint density at radius 2 is 1.85 bits per heavy atom. The molecule has 5 rings (SSSR count). The van der Waals surface area contributed by atoms with E-state index in [0.29, 0.717) is 23.7 Å². The molecule has 0 amide bonds. The van der Waals surface area contributed by atoms with Crippen molar-refractivity contribution < 1.29 is 4.74 Å². The van der Waals surface area contributed by atoms with Gasteiger partial charge in [-0.25, -0.2) is 14.6 Å². The molecule has 34 heavy (non-hydrogen) atoms. The zero-order valence-electron chi connectivity index (χ0n) is 18.7. The molecule has 9 heteroatoms. The number of aryl methyl sites for hydroxylation is 1. The number of hydrogen-bond acceptors (Lipinski definition) is 7. The van der Waals surface area contributed by atoms with Crippen LogP contribution in [0.4, 0.5) is 0 Å². The summed E-state index contributed by atoms with van der Waals surface area (Å²) in [4.78, 5) is 25.7. The van der Waals surface area contributed by atoms with Crippen LogP contribution in [-0.4, -0.2) is 41.6 Å². The Morgan fingerprint density at radius 1 is 1.00 bits per heavy atom. The third-order valence-corrected chi connectivity index (χ3v) is 5.36. The second-order valence-corrected chi connectivity index (χ2v) is 7.69. The fraction of sp³-hybridized carbons (Fsp3) is 0.120. The van der Waals surface area contributed by atoms with Crippen LogP contribution in [0.2, 0.25) is 0 Å². The average Bonchev–Trinajstić information content (AvgIpc) is 3.32. The van der Waals surface area contributed by atoms with Gasteiger partial charge in [0.15, 0.2) is 5.82 Å². The summed E-state index contributed by atoms with van der Waals surface area (Å²) in [6.07, 6.45) is 12.5. The molecule has 0 saturated heterocycles. The van der Waals surface area contributed by atoms with Crippen molar-refractivity contribution in [1.82, 2.24) is 34.5 Å². The SMILES string of the molecule is COc1ccncc1-c1cnc(-c2cccc(Cc3nn(-c4cnn(C)c4)ccc3=O)c2)nc1. The highest BCUT2D eigenvalue weighted by Gasteiger charge is 2.10. The number of hydrogen-bond donors (Lipinski definition) is 0. The summed E-state index contributed by atoms with van der Waals surface area (Å²) in [7, 11) is 3.45. The molecule has 0 radical (unpaired) electrons. The predicted molar refractivity (Wildman–Crippen MR) is 127 cm³/mol. The minimum Gasteiger partial charge on any atom is -0.496 e. The van der Waals surface area contributed by atoms with Crippen LogP contribution < -0.4 is 10.2 Å². The van der Waals surface area contributed by atoms with Crippen molar-refractivity contribution >= 4 is 0 Å². The minimum atomic E-state index is -0.114. The van der Waals surface area contributed by atoms with E-state index in [1.54, 1.807) is 59.7 Å². The van der Waals surface area contributed by atoms with E-state index in [1.165, 1.54) is 6.07 Å². The molecule has 168 valence electrons. The first-order valence-electron chi connectivity index (χ1n) is 10.6. The third kappa shape index (κ3) is 4.31. The Bertz CT molecular complexity index is 1510. The summed E-state index contributed by atoms with van der Waals surface area (Å²) in [5, 5.41) is 8.68. The number of rotatable bonds is 6. The monoisotopic (exact) mass is 451 g/mol. The summed E-state index contributed by atoms with van der Waals surface area (Å²) in [5.41, 5.74) is 4.55. The lowest BCUT2D eigenvalue weighted by Gasteiger charge is -2.08.